The Morgan fingerprint density at radius 2 is 1.49 bits per heavy atom. The molecule has 17 heteroatoms. The number of fused-ring (bicyclic) bond motifs is 2. The highest BCUT2D eigenvalue weighted by Crippen LogP contribution is 2.54. The van der Waals surface area contributed by atoms with Gasteiger partial charge in [-0.2, -0.15) is 26.3 Å². The summed E-state index contributed by atoms with van der Waals surface area (Å²) in [5.74, 6) is -6.34. The number of carbonyl (C=O) groups is 3. The number of alkyl halides is 6. The van der Waals surface area contributed by atoms with Crippen molar-refractivity contribution < 1.29 is 63.4 Å². The summed E-state index contributed by atoms with van der Waals surface area (Å²) in [6.45, 7) is 0. The Morgan fingerprint density at radius 1 is 0.780 bits per heavy atom. The number of rotatable bonds is 10. The molecule has 8 nitrogen and oxygen atoms in total. The summed E-state index contributed by atoms with van der Waals surface area (Å²) in [6.07, 6.45) is -9.71. The van der Waals surface area contributed by atoms with Gasteiger partial charge in [-0.05, 0) is 97.7 Å². The van der Waals surface area contributed by atoms with Crippen LogP contribution in [0.15, 0.2) is 90.5 Å². The van der Waals surface area contributed by atoms with Gasteiger partial charge in [-0.3, -0.25) is 14.9 Å². The molecule has 0 saturated heterocycles. The maximum atomic E-state index is 15.4. The summed E-state index contributed by atoms with van der Waals surface area (Å²) in [4.78, 5) is 40.5. The standard InChI is InChI=1S/C42H34F9N3O5/c1-58-34-15-9-21(26-18-22(8-13-30(26)43)37(42(49,50)51)59-40(57)53-33-5-3-2-4-32(33)45)17-28(34)38(55)54-36-25-12-11-24(27(25)16-20-6-7-20)35(36)39(56)52-23-10-14-31(44)29(19-23)41(46,47)48/h2-5,8-10,13-20,24-25,35-37H,6-7,11-12H2,1H3,(H,52,56)(H,53,57)(H,54,55)/t24-,25+,35-,36+,37?/m0/s1. The van der Waals surface area contributed by atoms with Crippen LogP contribution in [-0.4, -0.2) is 37.2 Å². The maximum absolute atomic E-state index is 15.4. The number of nitrogens with one attached hydrogen (secondary N) is 3. The number of hydrogen-bond donors (Lipinski definition) is 3. The van der Waals surface area contributed by atoms with Gasteiger partial charge in [0, 0.05) is 28.8 Å². The van der Waals surface area contributed by atoms with E-state index in [0.717, 1.165) is 54.8 Å². The lowest BCUT2D eigenvalue weighted by atomic mass is 9.83. The number of carbonyl (C=O) groups excluding carboxylic acids is 3. The van der Waals surface area contributed by atoms with Gasteiger partial charge < -0.3 is 20.1 Å². The van der Waals surface area contributed by atoms with E-state index < -0.39 is 88.2 Å². The summed E-state index contributed by atoms with van der Waals surface area (Å²) in [5, 5.41) is 7.26. The molecular weight excluding hydrogens is 797 g/mol. The molecule has 3 N–H and O–H groups in total. The number of ether oxygens (including phenoxy) is 2. The van der Waals surface area contributed by atoms with Gasteiger partial charge in [0.25, 0.3) is 5.91 Å². The quantitative estimate of drug-likeness (QED) is 0.109. The van der Waals surface area contributed by atoms with Crippen molar-refractivity contribution in [3.8, 4) is 16.9 Å². The minimum atomic E-state index is -5.21. The Balaban J connectivity index is 1.17. The molecule has 0 radical (unpaired) electrons. The van der Waals surface area contributed by atoms with Crippen LogP contribution < -0.4 is 20.7 Å². The molecule has 310 valence electrons. The third-order valence-electron chi connectivity index (χ3n) is 10.8. The summed E-state index contributed by atoms with van der Waals surface area (Å²) in [7, 11) is 1.24. The van der Waals surface area contributed by atoms with Gasteiger partial charge in [0.1, 0.15) is 23.2 Å². The first-order valence-corrected chi connectivity index (χ1v) is 18.4. The molecule has 3 amide bonds. The molecule has 0 aliphatic heterocycles. The molecule has 3 saturated carbocycles. The summed E-state index contributed by atoms with van der Waals surface area (Å²) in [6, 6.07) is 11.9. The van der Waals surface area contributed by atoms with Crippen LogP contribution >= 0.6 is 0 Å². The van der Waals surface area contributed by atoms with Gasteiger partial charge >= 0.3 is 18.4 Å². The number of hydrogen-bond acceptors (Lipinski definition) is 5. The zero-order chi connectivity index (χ0) is 42.4. The van der Waals surface area contributed by atoms with Crippen LogP contribution in [0.3, 0.4) is 0 Å². The molecule has 4 aromatic rings. The Bertz CT molecular complexity index is 2330. The van der Waals surface area contributed by atoms with E-state index in [9.17, 15) is 49.5 Å². The van der Waals surface area contributed by atoms with E-state index in [-0.39, 0.29) is 40.3 Å². The third-order valence-corrected chi connectivity index (χ3v) is 10.8. The number of benzene rings is 4. The monoisotopic (exact) mass is 831 g/mol. The van der Waals surface area contributed by atoms with Crippen LogP contribution in [0.1, 0.15) is 53.3 Å². The van der Waals surface area contributed by atoms with E-state index in [1.165, 1.54) is 37.4 Å². The zero-order valence-corrected chi connectivity index (χ0v) is 30.8. The van der Waals surface area contributed by atoms with Crippen molar-refractivity contribution >= 4 is 29.3 Å². The van der Waals surface area contributed by atoms with Crippen LogP contribution in [0.5, 0.6) is 5.75 Å². The number of methoxy groups -OCH3 is 1. The maximum Gasteiger partial charge on any atom is 0.429 e. The van der Waals surface area contributed by atoms with Crippen molar-refractivity contribution in [2.45, 2.75) is 50.2 Å². The first kappa shape index (κ1) is 41.2. The highest BCUT2D eigenvalue weighted by atomic mass is 19.4. The van der Waals surface area contributed by atoms with Crippen LogP contribution in [0.25, 0.3) is 11.1 Å². The van der Waals surface area contributed by atoms with E-state index >= 15 is 4.39 Å². The van der Waals surface area contributed by atoms with Crippen LogP contribution in [0.4, 0.5) is 55.7 Å². The van der Waals surface area contributed by atoms with Crippen molar-refractivity contribution in [3.05, 3.63) is 125 Å². The summed E-state index contributed by atoms with van der Waals surface area (Å²) < 4.78 is 137. The van der Waals surface area contributed by atoms with Gasteiger partial charge in [-0.25, -0.2) is 18.0 Å². The Labute approximate surface area is 330 Å². The molecule has 5 atom stereocenters. The second-order valence-corrected chi connectivity index (χ2v) is 14.6. The van der Waals surface area contributed by atoms with Crippen molar-refractivity contribution in [2.24, 2.45) is 23.7 Å². The second kappa shape index (κ2) is 16.0. The van der Waals surface area contributed by atoms with E-state index in [2.05, 4.69) is 21.4 Å². The smallest absolute Gasteiger partial charge is 0.429 e. The topological polar surface area (TPSA) is 106 Å². The lowest BCUT2D eigenvalue weighted by Crippen LogP contribution is -2.48. The largest absolute Gasteiger partial charge is 0.496 e. The average molecular weight is 832 g/mol. The normalized spacial score (nSPS) is 21.2. The van der Waals surface area contributed by atoms with E-state index in [1.807, 2.05) is 5.32 Å². The predicted octanol–water partition coefficient (Wildman–Crippen LogP) is 10.4. The number of allylic oxidation sites excluding steroid dienone is 1. The third kappa shape index (κ3) is 8.73. The van der Waals surface area contributed by atoms with Crippen molar-refractivity contribution in [3.63, 3.8) is 0 Å². The molecule has 3 fully saturated rings. The molecule has 59 heavy (non-hydrogen) atoms. The van der Waals surface area contributed by atoms with Crippen LogP contribution in [0.2, 0.25) is 0 Å². The SMILES string of the molecule is COc1ccc(-c2cc(C(OC(=O)Nc3ccccc3F)C(F)(F)F)ccc2F)cc1C(=O)N[C@H]1[C@@H](C(=O)Nc2ccc(F)c(C(F)(F)F)c2)[C@H]2CC[C@@H]1C2=CC1CC1. The molecule has 3 aliphatic rings. The summed E-state index contributed by atoms with van der Waals surface area (Å²) >= 11 is 0. The Kier molecular flexibility index (Phi) is 11.2. The first-order valence-electron chi connectivity index (χ1n) is 18.4. The van der Waals surface area contributed by atoms with Gasteiger partial charge in [0.2, 0.25) is 12.0 Å². The summed E-state index contributed by atoms with van der Waals surface area (Å²) in [5.41, 5.74) is -2.76. The second-order valence-electron chi connectivity index (χ2n) is 14.6. The molecular formula is C42H34F9N3O5. The highest BCUT2D eigenvalue weighted by Gasteiger charge is 2.55. The van der Waals surface area contributed by atoms with Gasteiger partial charge in [-0.15, -0.1) is 0 Å². The Morgan fingerprint density at radius 3 is 2.17 bits per heavy atom. The molecule has 0 spiro atoms. The van der Waals surface area contributed by atoms with Crippen LogP contribution in [-0.2, 0) is 15.7 Å². The van der Waals surface area contributed by atoms with Crippen LogP contribution in [0, 0.1) is 41.1 Å². The number of amides is 3. The van der Waals surface area contributed by atoms with Crippen molar-refractivity contribution in [2.75, 3.05) is 17.7 Å². The van der Waals surface area contributed by atoms with E-state index in [0.29, 0.717) is 25.0 Å². The molecule has 3 aliphatic carbocycles. The number of anilines is 2. The molecule has 1 unspecified atom stereocenters. The molecule has 2 bridgehead atoms. The molecule has 4 aromatic carbocycles. The number of para-hydroxylation sites is 1. The lowest BCUT2D eigenvalue weighted by molar-refractivity contribution is -0.205. The van der Waals surface area contributed by atoms with E-state index in [1.54, 1.807) is 0 Å². The molecule has 0 aromatic heterocycles. The van der Waals surface area contributed by atoms with E-state index in [4.69, 9.17) is 4.74 Å². The number of halogens is 9. The van der Waals surface area contributed by atoms with Crippen molar-refractivity contribution in [1.29, 1.82) is 0 Å². The fourth-order valence-corrected chi connectivity index (χ4v) is 7.95. The van der Waals surface area contributed by atoms with Crippen molar-refractivity contribution in [1.82, 2.24) is 5.32 Å². The fraction of sp³-hybridized carbons (Fsp3) is 0.310. The fourth-order valence-electron chi connectivity index (χ4n) is 7.95. The highest BCUT2D eigenvalue weighted by molar-refractivity contribution is 6.00. The van der Waals surface area contributed by atoms with Gasteiger partial charge in [-0.1, -0.05) is 35.9 Å². The molecule has 0 heterocycles. The predicted molar refractivity (Wildman–Crippen MR) is 195 cm³/mol. The minimum Gasteiger partial charge on any atom is -0.496 e. The lowest BCUT2D eigenvalue weighted by Gasteiger charge is -2.30. The average Bonchev–Trinajstić information content (AvgIpc) is 3.86. The minimum absolute atomic E-state index is 0.0203. The molecule has 7 rings (SSSR count). The van der Waals surface area contributed by atoms with Gasteiger partial charge in [0.05, 0.1) is 29.8 Å². The Hall–Kier alpha value is -6.00. The van der Waals surface area contributed by atoms with Gasteiger partial charge in [0.15, 0.2) is 0 Å². The zero-order valence-electron chi connectivity index (χ0n) is 30.8. The first-order chi connectivity index (χ1) is 27.9.